The van der Waals surface area contributed by atoms with Crippen molar-refractivity contribution in [2.45, 2.75) is 13.0 Å². The van der Waals surface area contributed by atoms with Crippen molar-refractivity contribution in [1.82, 2.24) is 19.7 Å². The van der Waals surface area contributed by atoms with Crippen LogP contribution in [-0.4, -0.2) is 31.5 Å². The second-order valence-corrected chi connectivity index (χ2v) is 5.20. The molecule has 0 aliphatic carbocycles. The van der Waals surface area contributed by atoms with Crippen molar-refractivity contribution in [3.05, 3.63) is 46.6 Å². The first-order valence-corrected chi connectivity index (χ1v) is 6.98. The van der Waals surface area contributed by atoms with Crippen molar-refractivity contribution < 1.29 is 9.50 Å². The Morgan fingerprint density at radius 2 is 2.00 bits per heavy atom. The van der Waals surface area contributed by atoms with E-state index in [1.165, 1.54) is 12.1 Å². The van der Waals surface area contributed by atoms with Gasteiger partial charge in [0.1, 0.15) is 11.6 Å². The molecule has 3 rings (SSSR count). The number of rotatable bonds is 4. The molecule has 0 spiro atoms. The predicted molar refractivity (Wildman–Crippen MR) is 81.0 cm³/mol. The molecule has 0 radical (unpaired) electrons. The summed E-state index contributed by atoms with van der Waals surface area (Å²) in [5.41, 5.74) is 7.70. The third kappa shape index (κ3) is 2.86. The Bertz CT molecular complexity index is 835. The number of aliphatic hydroxyl groups is 1. The average molecular weight is 322 g/mol. The summed E-state index contributed by atoms with van der Waals surface area (Å²) in [6.07, 6.45) is 1.94. The minimum Gasteiger partial charge on any atom is -0.396 e. The molecule has 2 heterocycles. The zero-order valence-electron chi connectivity index (χ0n) is 11.5. The van der Waals surface area contributed by atoms with Crippen LogP contribution < -0.4 is 5.73 Å². The first kappa shape index (κ1) is 14.7. The van der Waals surface area contributed by atoms with Crippen LogP contribution in [0.4, 0.5) is 10.2 Å². The number of benzene rings is 1. The molecule has 114 valence electrons. The van der Waals surface area contributed by atoms with Gasteiger partial charge in [-0.15, -0.1) is 0 Å². The highest BCUT2D eigenvalue weighted by molar-refractivity contribution is 6.28. The minimum atomic E-state index is -0.357. The van der Waals surface area contributed by atoms with Gasteiger partial charge in [0.25, 0.3) is 0 Å². The third-order valence-corrected chi connectivity index (χ3v) is 3.42. The van der Waals surface area contributed by atoms with E-state index in [1.54, 1.807) is 10.9 Å². The lowest BCUT2D eigenvalue weighted by atomic mass is 10.1. The summed E-state index contributed by atoms with van der Waals surface area (Å²) >= 11 is 5.82. The number of hydrogen-bond donors (Lipinski definition) is 2. The molecular formula is C14H13ClFN5O. The van der Waals surface area contributed by atoms with E-state index in [4.69, 9.17) is 22.4 Å². The number of aliphatic hydroxyl groups excluding tert-OH is 1. The monoisotopic (exact) mass is 321 g/mol. The first-order chi connectivity index (χ1) is 10.6. The summed E-state index contributed by atoms with van der Waals surface area (Å²) < 4.78 is 15.2. The second kappa shape index (κ2) is 5.86. The van der Waals surface area contributed by atoms with E-state index >= 15 is 0 Å². The molecule has 0 bridgehead atoms. The molecule has 3 aromatic rings. The summed E-state index contributed by atoms with van der Waals surface area (Å²) in [7, 11) is 0. The summed E-state index contributed by atoms with van der Waals surface area (Å²) in [5, 5.41) is 13.8. The Morgan fingerprint density at radius 3 is 2.77 bits per heavy atom. The van der Waals surface area contributed by atoms with Gasteiger partial charge in [0, 0.05) is 6.61 Å². The van der Waals surface area contributed by atoms with Crippen molar-refractivity contribution >= 4 is 28.5 Å². The smallest absolute Gasteiger partial charge is 0.226 e. The van der Waals surface area contributed by atoms with Gasteiger partial charge >= 0.3 is 0 Å². The Labute approximate surface area is 130 Å². The van der Waals surface area contributed by atoms with Crippen LogP contribution in [0.2, 0.25) is 5.28 Å². The van der Waals surface area contributed by atoms with Crippen LogP contribution in [0.25, 0.3) is 11.0 Å². The number of anilines is 1. The molecule has 8 heteroatoms. The van der Waals surface area contributed by atoms with Crippen LogP contribution in [0.3, 0.4) is 0 Å². The molecule has 0 saturated carbocycles. The second-order valence-electron chi connectivity index (χ2n) is 4.86. The zero-order chi connectivity index (χ0) is 15.7. The van der Waals surface area contributed by atoms with Gasteiger partial charge in [0.2, 0.25) is 5.28 Å². The van der Waals surface area contributed by atoms with Crippen LogP contribution in [0.15, 0.2) is 24.4 Å². The highest BCUT2D eigenvalue weighted by atomic mass is 35.5. The maximum absolute atomic E-state index is 13.6. The Kier molecular flexibility index (Phi) is 3.91. The molecule has 1 aromatic carbocycles. The fraction of sp³-hybridized carbons (Fsp3) is 0.214. The van der Waals surface area contributed by atoms with Gasteiger partial charge in [-0.3, -0.25) is 0 Å². The van der Waals surface area contributed by atoms with Crippen molar-refractivity contribution in [3.8, 4) is 0 Å². The number of fused-ring (bicyclic) bond motifs is 1. The first-order valence-electron chi connectivity index (χ1n) is 6.60. The fourth-order valence-corrected chi connectivity index (χ4v) is 2.49. The molecule has 0 aliphatic heterocycles. The quantitative estimate of drug-likeness (QED) is 0.715. The standard InChI is InChI=1S/C14H13ClFN5O/c15-14-19-12(17)11-6-18-21(13(11)20-14)7-9-3-8(1-2-22)4-10(16)5-9/h3-6,22H,1-2,7H2,(H2,17,19,20). The lowest BCUT2D eigenvalue weighted by Gasteiger charge is -2.07. The van der Waals surface area contributed by atoms with Crippen molar-refractivity contribution in [1.29, 1.82) is 0 Å². The highest BCUT2D eigenvalue weighted by Gasteiger charge is 2.11. The van der Waals surface area contributed by atoms with Crippen LogP contribution in [-0.2, 0) is 13.0 Å². The van der Waals surface area contributed by atoms with E-state index in [-0.39, 0.29) is 23.5 Å². The van der Waals surface area contributed by atoms with Crippen molar-refractivity contribution in [2.75, 3.05) is 12.3 Å². The number of nitrogens with zero attached hydrogens (tertiary/aromatic N) is 4. The highest BCUT2D eigenvalue weighted by Crippen LogP contribution is 2.20. The van der Waals surface area contributed by atoms with Gasteiger partial charge in [-0.2, -0.15) is 10.1 Å². The minimum absolute atomic E-state index is 0.0342. The molecule has 2 aromatic heterocycles. The molecule has 6 nitrogen and oxygen atoms in total. The topological polar surface area (TPSA) is 89.9 Å². The van der Waals surface area contributed by atoms with Gasteiger partial charge in [-0.25, -0.2) is 14.1 Å². The van der Waals surface area contributed by atoms with Crippen molar-refractivity contribution in [2.24, 2.45) is 0 Å². The van der Waals surface area contributed by atoms with Crippen LogP contribution >= 0.6 is 11.6 Å². The lowest BCUT2D eigenvalue weighted by molar-refractivity contribution is 0.299. The Hall–Kier alpha value is -2.25. The van der Waals surface area contributed by atoms with E-state index in [9.17, 15) is 4.39 Å². The van der Waals surface area contributed by atoms with Gasteiger partial charge in [-0.1, -0.05) is 6.07 Å². The SMILES string of the molecule is Nc1nc(Cl)nc2c1cnn2Cc1cc(F)cc(CCO)c1. The summed E-state index contributed by atoms with van der Waals surface area (Å²) in [6.45, 7) is 0.277. The Balaban J connectivity index is 2.00. The zero-order valence-corrected chi connectivity index (χ0v) is 12.3. The number of nitrogen functional groups attached to an aromatic ring is 1. The number of nitrogens with two attached hydrogens (primary N) is 1. The van der Waals surface area contributed by atoms with Gasteiger partial charge in [-0.05, 0) is 41.3 Å². The van der Waals surface area contributed by atoms with E-state index < -0.39 is 0 Å². The molecule has 0 amide bonds. The van der Waals surface area contributed by atoms with E-state index in [2.05, 4.69) is 15.1 Å². The summed E-state index contributed by atoms with van der Waals surface area (Å²) in [5.74, 6) is -0.106. The number of aromatic nitrogens is 4. The normalized spacial score (nSPS) is 11.2. The maximum Gasteiger partial charge on any atom is 0.226 e. The van der Waals surface area contributed by atoms with Gasteiger partial charge in [0.15, 0.2) is 5.65 Å². The van der Waals surface area contributed by atoms with Gasteiger partial charge in [0.05, 0.1) is 18.1 Å². The third-order valence-electron chi connectivity index (χ3n) is 3.25. The van der Waals surface area contributed by atoms with E-state index in [0.717, 1.165) is 5.56 Å². The largest absolute Gasteiger partial charge is 0.396 e. The van der Waals surface area contributed by atoms with Crippen LogP contribution in [0.5, 0.6) is 0 Å². The molecule has 0 saturated heterocycles. The maximum atomic E-state index is 13.6. The van der Waals surface area contributed by atoms with Crippen LogP contribution in [0, 0.1) is 5.82 Å². The molecule has 0 aliphatic rings. The molecule has 22 heavy (non-hydrogen) atoms. The number of halogens is 2. The number of hydrogen-bond acceptors (Lipinski definition) is 5. The predicted octanol–water partition coefficient (Wildman–Crippen LogP) is 1.78. The van der Waals surface area contributed by atoms with E-state index in [0.29, 0.717) is 29.6 Å². The van der Waals surface area contributed by atoms with Gasteiger partial charge < -0.3 is 10.8 Å². The lowest BCUT2D eigenvalue weighted by Crippen LogP contribution is -2.05. The Morgan fingerprint density at radius 1 is 1.23 bits per heavy atom. The molecule has 0 fully saturated rings. The molecule has 0 atom stereocenters. The van der Waals surface area contributed by atoms with E-state index in [1.807, 2.05) is 6.07 Å². The molecule has 0 unspecified atom stereocenters. The summed E-state index contributed by atoms with van der Waals surface area (Å²) in [4.78, 5) is 7.98. The van der Waals surface area contributed by atoms with Crippen molar-refractivity contribution in [3.63, 3.8) is 0 Å². The molecule has 3 N–H and O–H groups in total. The fourth-order valence-electron chi connectivity index (χ4n) is 2.32. The summed E-state index contributed by atoms with van der Waals surface area (Å²) in [6, 6.07) is 4.64. The van der Waals surface area contributed by atoms with Crippen LogP contribution in [0.1, 0.15) is 11.1 Å². The molecular weight excluding hydrogens is 309 g/mol. The average Bonchev–Trinajstić information content (AvgIpc) is 2.82.